The molecular weight excluding hydrogens is 687 g/mol. The predicted molar refractivity (Wildman–Crippen MR) is 118 cm³/mol. The summed E-state index contributed by atoms with van der Waals surface area (Å²) in [7, 11) is 1.35. The van der Waals surface area contributed by atoms with Crippen LogP contribution in [0.2, 0.25) is 0 Å². The van der Waals surface area contributed by atoms with Gasteiger partial charge in [0.25, 0.3) is 5.91 Å². The third kappa shape index (κ3) is 5.16. The van der Waals surface area contributed by atoms with Crippen molar-refractivity contribution in [1.82, 2.24) is 10.6 Å². The Kier molecular flexibility index (Phi) is 8.94. The molecule has 0 bridgehead atoms. The van der Waals surface area contributed by atoms with Crippen molar-refractivity contribution in [2.24, 2.45) is 0 Å². The summed E-state index contributed by atoms with van der Waals surface area (Å²) < 4.78 is 0.757. The van der Waals surface area contributed by atoms with Crippen LogP contribution < -0.4 is 16.0 Å². The van der Waals surface area contributed by atoms with Gasteiger partial charge >= 0.3 is 5.97 Å². The molecule has 26 heavy (non-hydrogen) atoms. The topological polar surface area (TPSA) is 145 Å². The molecule has 1 atom stereocenters. The number of halogens is 3. The molecule has 0 saturated heterocycles. The number of rotatable bonds is 6. The number of aromatic carboxylic acids is 1. The molecular formula is C14H14I3N3O6. The number of hydrogen-bond donors (Lipinski definition) is 5. The standard InChI is InChI=1S/C14H14I3N3O6/c1-4(22)19-11-9(16)6(8(15)7(10(11)17)14(25)26)13(24)20-5(3-21)12(23)18-2/h5,21H,3H2,1-2H3,(H,18,23)(H,19,22)(H,20,24)(H,25,26). The monoisotopic (exact) mass is 701 g/mol. The largest absolute Gasteiger partial charge is 0.478 e. The second-order valence-electron chi connectivity index (χ2n) is 4.88. The van der Waals surface area contributed by atoms with Crippen LogP contribution >= 0.6 is 67.8 Å². The van der Waals surface area contributed by atoms with Gasteiger partial charge in [-0.3, -0.25) is 14.4 Å². The van der Waals surface area contributed by atoms with Crippen LogP contribution in [0.15, 0.2) is 0 Å². The predicted octanol–water partition coefficient (Wildman–Crippen LogP) is 0.994. The van der Waals surface area contributed by atoms with E-state index in [1.165, 1.54) is 14.0 Å². The summed E-state index contributed by atoms with van der Waals surface area (Å²) in [5, 5.41) is 26.0. The number of carboxylic acids is 1. The summed E-state index contributed by atoms with van der Waals surface area (Å²) in [5.41, 5.74) is 0.0540. The number of aliphatic hydroxyl groups excluding tert-OH is 1. The number of carboxylic acid groups (broad SMARTS) is 1. The average molecular weight is 701 g/mol. The molecule has 0 aliphatic heterocycles. The molecule has 12 heteroatoms. The minimum atomic E-state index is -1.26. The van der Waals surface area contributed by atoms with Crippen molar-refractivity contribution in [3.63, 3.8) is 0 Å². The fraction of sp³-hybridized carbons (Fsp3) is 0.286. The minimum Gasteiger partial charge on any atom is -0.478 e. The van der Waals surface area contributed by atoms with Crippen LogP contribution in [0.3, 0.4) is 0 Å². The van der Waals surface area contributed by atoms with Gasteiger partial charge in [0, 0.05) is 17.5 Å². The van der Waals surface area contributed by atoms with E-state index in [0.29, 0.717) is 3.57 Å². The normalized spacial score (nSPS) is 11.5. The number of amides is 3. The van der Waals surface area contributed by atoms with E-state index in [-0.39, 0.29) is 24.0 Å². The van der Waals surface area contributed by atoms with Crippen molar-refractivity contribution in [1.29, 1.82) is 0 Å². The third-order valence-electron chi connectivity index (χ3n) is 3.11. The molecule has 0 aromatic heterocycles. The van der Waals surface area contributed by atoms with Gasteiger partial charge < -0.3 is 26.2 Å². The molecule has 0 heterocycles. The highest BCUT2D eigenvalue weighted by molar-refractivity contribution is 14.1. The Morgan fingerprint density at radius 3 is 2.00 bits per heavy atom. The molecule has 1 aromatic carbocycles. The van der Waals surface area contributed by atoms with Crippen molar-refractivity contribution < 1.29 is 29.4 Å². The highest BCUT2D eigenvalue weighted by Gasteiger charge is 2.29. The molecule has 142 valence electrons. The average Bonchev–Trinajstić information content (AvgIpc) is 2.55. The fourth-order valence-corrected chi connectivity index (χ4v) is 6.32. The zero-order valence-corrected chi connectivity index (χ0v) is 19.9. The Balaban J connectivity index is 3.57. The number of aliphatic hydroxyl groups is 1. The van der Waals surface area contributed by atoms with Crippen LogP contribution in [-0.4, -0.2) is 53.6 Å². The molecule has 1 aromatic rings. The molecule has 5 N–H and O–H groups in total. The number of benzene rings is 1. The number of nitrogens with one attached hydrogen (secondary N) is 3. The van der Waals surface area contributed by atoms with E-state index in [4.69, 9.17) is 0 Å². The Morgan fingerprint density at radius 2 is 1.58 bits per heavy atom. The first kappa shape index (κ1) is 23.3. The first-order valence-corrected chi connectivity index (χ1v) is 10.1. The van der Waals surface area contributed by atoms with E-state index in [1.807, 2.05) is 22.6 Å². The summed E-state index contributed by atoms with van der Waals surface area (Å²) in [6, 6.07) is -1.20. The Bertz CT molecular complexity index is 784. The molecule has 0 fully saturated rings. The lowest BCUT2D eigenvalue weighted by Gasteiger charge is -2.20. The van der Waals surface area contributed by atoms with Crippen LogP contribution in [0.1, 0.15) is 27.6 Å². The maximum Gasteiger partial charge on any atom is 0.337 e. The van der Waals surface area contributed by atoms with Gasteiger partial charge in [-0.05, 0) is 67.8 Å². The SMILES string of the molecule is CNC(=O)C(CO)NC(=O)c1c(I)c(NC(C)=O)c(I)c(C(=O)O)c1I. The summed E-state index contributed by atoms with van der Waals surface area (Å²) in [5.74, 6) is -3.03. The lowest BCUT2D eigenvalue weighted by atomic mass is 10.1. The molecule has 0 radical (unpaired) electrons. The molecule has 0 saturated carbocycles. The van der Waals surface area contributed by atoms with E-state index in [9.17, 15) is 29.4 Å². The quantitative estimate of drug-likeness (QED) is 0.280. The lowest BCUT2D eigenvalue weighted by Crippen LogP contribution is -2.48. The summed E-state index contributed by atoms with van der Waals surface area (Å²) >= 11 is 5.35. The molecule has 0 aliphatic rings. The number of hydrogen-bond acceptors (Lipinski definition) is 5. The molecule has 3 amide bonds. The third-order valence-corrected chi connectivity index (χ3v) is 6.35. The van der Waals surface area contributed by atoms with Gasteiger partial charge in [-0.15, -0.1) is 0 Å². The van der Waals surface area contributed by atoms with Crippen molar-refractivity contribution in [2.75, 3.05) is 19.0 Å². The van der Waals surface area contributed by atoms with Crippen LogP contribution in [-0.2, 0) is 9.59 Å². The van der Waals surface area contributed by atoms with Crippen molar-refractivity contribution >= 4 is 97.2 Å². The smallest absolute Gasteiger partial charge is 0.337 e. The van der Waals surface area contributed by atoms with Crippen molar-refractivity contribution in [3.05, 3.63) is 21.8 Å². The van der Waals surface area contributed by atoms with Gasteiger partial charge in [0.15, 0.2) is 0 Å². The van der Waals surface area contributed by atoms with Gasteiger partial charge in [0.1, 0.15) is 6.04 Å². The van der Waals surface area contributed by atoms with Crippen molar-refractivity contribution in [3.8, 4) is 0 Å². The van der Waals surface area contributed by atoms with Crippen LogP contribution in [0.5, 0.6) is 0 Å². The minimum absolute atomic E-state index is 0.00452. The first-order chi connectivity index (χ1) is 12.1. The van der Waals surface area contributed by atoms with Gasteiger partial charge in [-0.2, -0.15) is 0 Å². The maximum absolute atomic E-state index is 12.7. The van der Waals surface area contributed by atoms with E-state index in [2.05, 4.69) is 16.0 Å². The van der Waals surface area contributed by atoms with Gasteiger partial charge in [-0.25, -0.2) is 4.79 Å². The zero-order valence-electron chi connectivity index (χ0n) is 13.4. The van der Waals surface area contributed by atoms with E-state index in [0.717, 1.165) is 0 Å². The highest BCUT2D eigenvalue weighted by atomic mass is 127. The Labute approximate surface area is 189 Å². The zero-order chi connectivity index (χ0) is 20.2. The van der Waals surface area contributed by atoms with Gasteiger partial charge in [-0.1, -0.05) is 0 Å². The summed E-state index contributed by atoms with van der Waals surface area (Å²) in [6.07, 6.45) is 0. The Hall–Kier alpha value is -0.750. The van der Waals surface area contributed by atoms with Crippen LogP contribution in [0.25, 0.3) is 0 Å². The molecule has 1 rings (SSSR count). The Morgan fingerprint density at radius 1 is 1.04 bits per heavy atom. The van der Waals surface area contributed by atoms with Crippen LogP contribution in [0.4, 0.5) is 5.69 Å². The van der Waals surface area contributed by atoms with E-state index >= 15 is 0 Å². The number of likely N-dealkylation sites (N-methyl/N-ethyl adjacent to an activating group) is 1. The molecule has 1 unspecified atom stereocenters. The lowest BCUT2D eigenvalue weighted by molar-refractivity contribution is -0.123. The highest BCUT2D eigenvalue weighted by Crippen LogP contribution is 2.35. The van der Waals surface area contributed by atoms with Crippen molar-refractivity contribution in [2.45, 2.75) is 13.0 Å². The molecule has 0 aliphatic carbocycles. The molecule has 0 spiro atoms. The van der Waals surface area contributed by atoms with E-state index in [1.54, 1.807) is 45.2 Å². The number of carbonyl (C=O) groups is 4. The van der Waals surface area contributed by atoms with Gasteiger partial charge in [0.2, 0.25) is 11.8 Å². The number of carbonyl (C=O) groups excluding carboxylic acids is 3. The summed E-state index contributed by atoms with van der Waals surface area (Å²) in [4.78, 5) is 47.5. The second kappa shape index (κ2) is 9.98. The molecule has 9 nitrogen and oxygen atoms in total. The number of anilines is 1. The summed E-state index contributed by atoms with van der Waals surface area (Å²) in [6.45, 7) is 0.630. The van der Waals surface area contributed by atoms with E-state index < -0.39 is 36.3 Å². The van der Waals surface area contributed by atoms with Gasteiger partial charge in [0.05, 0.1) is 30.6 Å². The first-order valence-electron chi connectivity index (χ1n) is 6.91. The van der Waals surface area contributed by atoms with Crippen LogP contribution in [0, 0.1) is 10.7 Å². The fourth-order valence-electron chi connectivity index (χ4n) is 1.94. The second-order valence-corrected chi connectivity index (χ2v) is 8.11. The maximum atomic E-state index is 12.7.